The number of hydrogen-bond acceptors (Lipinski definition) is 2. The predicted octanol–water partition coefficient (Wildman–Crippen LogP) is 3.80. The number of anilines is 1. The summed E-state index contributed by atoms with van der Waals surface area (Å²) in [5.74, 6) is 0. The van der Waals surface area contributed by atoms with Crippen LogP contribution in [0.3, 0.4) is 0 Å². The molecule has 20 heavy (non-hydrogen) atoms. The van der Waals surface area contributed by atoms with Crippen LogP contribution in [0, 0.1) is 0 Å². The third-order valence-electron chi connectivity index (χ3n) is 3.05. The van der Waals surface area contributed by atoms with Crippen molar-refractivity contribution in [3.63, 3.8) is 0 Å². The van der Waals surface area contributed by atoms with Gasteiger partial charge < -0.3 is 11.5 Å². The normalized spacial score (nSPS) is 9.70. The van der Waals surface area contributed by atoms with Gasteiger partial charge in [0.1, 0.15) is 0 Å². The van der Waals surface area contributed by atoms with E-state index in [9.17, 15) is 0 Å². The third kappa shape index (κ3) is 6.95. The Morgan fingerprint density at radius 3 is 2.15 bits per heavy atom. The molecule has 0 unspecified atom stereocenters. The van der Waals surface area contributed by atoms with Crippen LogP contribution >= 0.6 is 0 Å². The maximum Gasteiger partial charge on any atom is 0.0316 e. The van der Waals surface area contributed by atoms with Crippen molar-refractivity contribution in [2.45, 2.75) is 32.6 Å². The fourth-order valence-electron chi connectivity index (χ4n) is 1.94. The highest BCUT2D eigenvalue weighted by atomic mass is 14.5. The summed E-state index contributed by atoms with van der Waals surface area (Å²) in [7, 11) is 0. The smallest absolute Gasteiger partial charge is 0.0316 e. The molecule has 0 spiro atoms. The summed E-state index contributed by atoms with van der Waals surface area (Å²) in [5.41, 5.74) is 14.5. The van der Waals surface area contributed by atoms with Crippen molar-refractivity contribution >= 4 is 5.69 Å². The lowest BCUT2D eigenvalue weighted by molar-refractivity contribution is 0.795. The third-order valence-corrected chi connectivity index (χ3v) is 3.05. The van der Waals surface area contributed by atoms with Gasteiger partial charge in [-0.05, 0) is 49.1 Å². The quantitative estimate of drug-likeness (QED) is 0.812. The first kappa shape index (κ1) is 16.3. The Bertz CT molecular complexity index is 466. The van der Waals surface area contributed by atoms with Gasteiger partial charge in [0, 0.05) is 5.69 Å². The van der Waals surface area contributed by atoms with Gasteiger partial charge in [-0.2, -0.15) is 0 Å². The van der Waals surface area contributed by atoms with Crippen molar-refractivity contribution in [1.82, 2.24) is 0 Å². The van der Waals surface area contributed by atoms with E-state index in [1.54, 1.807) is 0 Å². The second-order valence-electron chi connectivity index (χ2n) is 4.87. The molecule has 0 bridgehead atoms. The monoisotopic (exact) mass is 270 g/mol. The minimum Gasteiger partial charge on any atom is -0.399 e. The van der Waals surface area contributed by atoms with Crippen LogP contribution in [0.1, 0.15) is 30.9 Å². The number of unbranched alkanes of at least 4 members (excludes halogenated alkanes) is 1. The number of hydrogen-bond donors (Lipinski definition) is 2. The van der Waals surface area contributed by atoms with E-state index in [2.05, 4.69) is 31.2 Å². The highest BCUT2D eigenvalue weighted by molar-refractivity contribution is 5.40. The summed E-state index contributed by atoms with van der Waals surface area (Å²) in [6.07, 6.45) is 4.64. The molecule has 0 heterocycles. The van der Waals surface area contributed by atoms with Crippen LogP contribution in [0.15, 0.2) is 54.6 Å². The molecule has 2 aromatic carbocycles. The van der Waals surface area contributed by atoms with E-state index in [0.717, 1.165) is 25.1 Å². The lowest BCUT2D eigenvalue weighted by Gasteiger charge is -1.99. The average molecular weight is 270 g/mol. The van der Waals surface area contributed by atoms with Crippen LogP contribution in [-0.2, 0) is 12.8 Å². The zero-order valence-corrected chi connectivity index (χ0v) is 12.4. The number of benzene rings is 2. The molecule has 2 rings (SSSR count). The molecular weight excluding hydrogens is 244 g/mol. The summed E-state index contributed by atoms with van der Waals surface area (Å²) in [4.78, 5) is 0. The molecule has 0 aliphatic heterocycles. The second-order valence-corrected chi connectivity index (χ2v) is 4.87. The molecule has 2 nitrogen and oxygen atoms in total. The van der Waals surface area contributed by atoms with Crippen molar-refractivity contribution in [3.8, 4) is 0 Å². The van der Waals surface area contributed by atoms with Crippen LogP contribution in [0.2, 0.25) is 0 Å². The zero-order chi connectivity index (χ0) is 14.6. The lowest BCUT2D eigenvalue weighted by atomic mass is 10.1. The van der Waals surface area contributed by atoms with Gasteiger partial charge in [0.2, 0.25) is 0 Å². The minimum atomic E-state index is 0.740. The lowest BCUT2D eigenvalue weighted by Crippen LogP contribution is -2.01. The van der Waals surface area contributed by atoms with E-state index in [1.807, 2.05) is 30.3 Å². The van der Waals surface area contributed by atoms with E-state index >= 15 is 0 Å². The highest BCUT2D eigenvalue weighted by Gasteiger charge is 1.91. The number of rotatable bonds is 5. The standard InChI is InChI=1S/C10H15N.C8H11N/c1-2-3-5-9-6-4-7-10(11)8-9;9-7-6-8-4-2-1-3-5-8/h4,6-8H,2-3,5,11H2,1H3;1-5H,6-7,9H2. The van der Waals surface area contributed by atoms with E-state index in [4.69, 9.17) is 11.5 Å². The highest BCUT2D eigenvalue weighted by Crippen LogP contribution is 2.09. The first-order valence-electron chi connectivity index (χ1n) is 7.34. The van der Waals surface area contributed by atoms with Gasteiger partial charge in [0.15, 0.2) is 0 Å². The van der Waals surface area contributed by atoms with Gasteiger partial charge in [-0.15, -0.1) is 0 Å². The first-order chi connectivity index (χ1) is 9.76. The predicted molar refractivity (Wildman–Crippen MR) is 88.7 cm³/mol. The van der Waals surface area contributed by atoms with Gasteiger partial charge in [0.25, 0.3) is 0 Å². The molecule has 0 saturated carbocycles. The van der Waals surface area contributed by atoms with Gasteiger partial charge in [-0.1, -0.05) is 55.8 Å². The maximum atomic E-state index is 5.63. The van der Waals surface area contributed by atoms with Crippen molar-refractivity contribution in [1.29, 1.82) is 0 Å². The van der Waals surface area contributed by atoms with E-state index in [-0.39, 0.29) is 0 Å². The Labute approximate surface area is 122 Å². The molecule has 4 N–H and O–H groups in total. The SMILES string of the molecule is CCCCc1cccc(N)c1.NCCc1ccccc1. The van der Waals surface area contributed by atoms with E-state index in [1.165, 1.54) is 24.0 Å². The van der Waals surface area contributed by atoms with Crippen molar-refractivity contribution < 1.29 is 0 Å². The van der Waals surface area contributed by atoms with Crippen LogP contribution < -0.4 is 11.5 Å². The molecule has 0 aliphatic rings. The van der Waals surface area contributed by atoms with Crippen LogP contribution in [-0.4, -0.2) is 6.54 Å². The molecule has 108 valence electrons. The zero-order valence-electron chi connectivity index (χ0n) is 12.4. The Kier molecular flexibility index (Phi) is 8.16. The van der Waals surface area contributed by atoms with Crippen molar-refractivity contribution in [2.24, 2.45) is 5.73 Å². The van der Waals surface area contributed by atoms with Crippen molar-refractivity contribution in [2.75, 3.05) is 12.3 Å². The molecule has 0 atom stereocenters. The van der Waals surface area contributed by atoms with Gasteiger partial charge >= 0.3 is 0 Å². The molecule has 2 heteroatoms. The molecule has 0 amide bonds. The summed E-state index contributed by atoms with van der Waals surface area (Å²) in [6, 6.07) is 18.4. The number of nitrogen functional groups attached to an aromatic ring is 1. The van der Waals surface area contributed by atoms with Crippen LogP contribution in [0.4, 0.5) is 5.69 Å². The molecule has 0 aliphatic carbocycles. The average Bonchev–Trinajstić information content (AvgIpc) is 2.47. The molecular formula is C18H26N2. The Balaban J connectivity index is 0.000000204. The first-order valence-corrected chi connectivity index (χ1v) is 7.34. The summed E-state index contributed by atoms with van der Waals surface area (Å²) in [5, 5.41) is 0. The topological polar surface area (TPSA) is 52.0 Å². The fraction of sp³-hybridized carbons (Fsp3) is 0.333. The fourth-order valence-corrected chi connectivity index (χ4v) is 1.94. The van der Waals surface area contributed by atoms with Gasteiger partial charge in [0.05, 0.1) is 0 Å². The molecule has 0 radical (unpaired) electrons. The Morgan fingerprint density at radius 1 is 0.850 bits per heavy atom. The van der Waals surface area contributed by atoms with Gasteiger partial charge in [-0.3, -0.25) is 0 Å². The van der Waals surface area contributed by atoms with E-state index in [0.29, 0.717) is 0 Å². The number of nitrogens with two attached hydrogens (primary N) is 2. The van der Waals surface area contributed by atoms with Crippen LogP contribution in [0.25, 0.3) is 0 Å². The minimum absolute atomic E-state index is 0.740. The second kappa shape index (κ2) is 10.0. The Morgan fingerprint density at radius 2 is 1.55 bits per heavy atom. The maximum absolute atomic E-state index is 5.63. The summed E-state index contributed by atoms with van der Waals surface area (Å²) >= 11 is 0. The van der Waals surface area contributed by atoms with Crippen LogP contribution in [0.5, 0.6) is 0 Å². The molecule has 2 aromatic rings. The number of aryl methyl sites for hydroxylation is 1. The molecule has 0 fully saturated rings. The van der Waals surface area contributed by atoms with Crippen molar-refractivity contribution in [3.05, 3.63) is 65.7 Å². The summed E-state index contributed by atoms with van der Waals surface area (Å²) < 4.78 is 0. The Hall–Kier alpha value is -1.80. The molecule has 0 saturated heterocycles. The summed E-state index contributed by atoms with van der Waals surface area (Å²) in [6.45, 7) is 2.94. The largest absolute Gasteiger partial charge is 0.399 e. The molecule has 0 aromatic heterocycles. The van der Waals surface area contributed by atoms with Gasteiger partial charge in [-0.25, -0.2) is 0 Å². The van der Waals surface area contributed by atoms with E-state index < -0.39 is 0 Å².